The Kier molecular flexibility index (Phi) is 4.05. The number of hydrogen-bond donors (Lipinski definition) is 1. The molecule has 18 heavy (non-hydrogen) atoms. The molecule has 0 aromatic heterocycles. The topological polar surface area (TPSA) is 21.3 Å². The minimum atomic E-state index is -0.329. The van der Waals surface area contributed by atoms with Gasteiger partial charge in [-0.1, -0.05) is 23.7 Å². The van der Waals surface area contributed by atoms with Crippen LogP contribution in [-0.4, -0.2) is 7.11 Å². The lowest BCUT2D eigenvalue weighted by Crippen LogP contribution is -2.00. The quantitative estimate of drug-likeness (QED) is 0.899. The zero-order chi connectivity index (χ0) is 13.0. The summed E-state index contributed by atoms with van der Waals surface area (Å²) in [4.78, 5) is 0. The number of hydrogen-bond acceptors (Lipinski definition) is 2. The van der Waals surface area contributed by atoms with E-state index in [4.69, 9.17) is 16.3 Å². The van der Waals surface area contributed by atoms with E-state index in [0.29, 0.717) is 11.6 Å². The van der Waals surface area contributed by atoms with Gasteiger partial charge in [-0.15, -0.1) is 0 Å². The van der Waals surface area contributed by atoms with Crippen LogP contribution in [-0.2, 0) is 6.54 Å². The zero-order valence-corrected chi connectivity index (χ0v) is 10.7. The fraction of sp³-hybridized carbons (Fsp3) is 0.143. The van der Waals surface area contributed by atoms with Crippen LogP contribution in [0.15, 0.2) is 42.5 Å². The van der Waals surface area contributed by atoms with Gasteiger partial charge in [-0.25, -0.2) is 4.39 Å². The van der Waals surface area contributed by atoms with Crippen molar-refractivity contribution in [1.82, 2.24) is 0 Å². The van der Waals surface area contributed by atoms with E-state index in [9.17, 15) is 4.39 Å². The van der Waals surface area contributed by atoms with E-state index in [1.54, 1.807) is 13.2 Å². The molecule has 0 saturated carbocycles. The molecule has 0 aliphatic carbocycles. The molecule has 0 heterocycles. The van der Waals surface area contributed by atoms with Crippen molar-refractivity contribution < 1.29 is 9.13 Å². The summed E-state index contributed by atoms with van der Waals surface area (Å²) in [5.41, 5.74) is 1.77. The maximum absolute atomic E-state index is 12.9. The van der Waals surface area contributed by atoms with Gasteiger partial charge in [0.25, 0.3) is 0 Å². The minimum Gasteiger partial charge on any atom is -0.497 e. The van der Waals surface area contributed by atoms with Crippen molar-refractivity contribution in [3.05, 3.63) is 58.9 Å². The van der Waals surface area contributed by atoms with E-state index < -0.39 is 0 Å². The standard InChI is InChI=1S/C14H13ClFNO/c1-18-13-4-2-3-12(8-13)17-9-10-5-6-11(16)7-14(10)15/h2-8,17H,9H2,1H3. The third kappa shape index (κ3) is 3.14. The van der Waals surface area contributed by atoms with Gasteiger partial charge in [-0.2, -0.15) is 0 Å². The van der Waals surface area contributed by atoms with E-state index in [-0.39, 0.29) is 5.82 Å². The highest BCUT2D eigenvalue weighted by Crippen LogP contribution is 2.21. The van der Waals surface area contributed by atoms with E-state index in [1.165, 1.54) is 12.1 Å². The minimum absolute atomic E-state index is 0.329. The Morgan fingerprint density at radius 2 is 2.06 bits per heavy atom. The molecular weight excluding hydrogens is 253 g/mol. The van der Waals surface area contributed by atoms with E-state index in [2.05, 4.69) is 5.32 Å². The van der Waals surface area contributed by atoms with Crippen LogP contribution < -0.4 is 10.1 Å². The summed E-state index contributed by atoms with van der Waals surface area (Å²) < 4.78 is 18.0. The first kappa shape index (κ1) is 12.7. The average Bonchev–Trinajstić information content (AvgIpc) is 2.38. The third-order valence-electron chi connectivity index (χ3n) is 2.57. The molecule has 1 N–H and O–H groups in total. The highest BCUT2D eigenvalue weighted by molar-refractivity contribution is 6.31. The molecule has 0 aliphatic heterocycles. The summed E-state index contributed by atoms with van der Waals surface area (Å²) in [6, 6.07) is 12.0. The van der Waals surface area contributed by atoms with E-state index >= 15 is 0 Å². The molecule has 0 fully saturated rings. The van der Waals surface area contributed by atoms with Crippen molar-refractivity contribution in [1.29, 1.82) is 0 Å². The fourth-order valence-electron chi connectivity index (χ4n) is 1.60. The number of benzene rings is 2. The summed E-state index contributed by atoms with van der Waals surface area (Å²) in [6.45, 7) is 0.534. The summed E-state index contributed by atoms with van der Waals surface area (Å²) in [5, 5.41) is 3.63. The molecule has 4 heteroatoms. The Hall–Kier alpha value is -1.74. The lowest BCUT2D eigenvalue weighted by molar-refractivity contribution is 0.415. The molecule has 0 unspecified atom stereocenters. The summed E-state index contributed by atoms with van der Waals surface area (Å²) in [5.74, 6) is 0.454. The van der Waals surface area contributed by atoms with Crippen molar-refractivity contribution in [2.75, 3.05) is 12.4 Å². The number of nitrogens with one attached hydrogen (secondary N) is 1. The number of methoxy groups -OCH3 is 1. The lowest BCUT2D eigenvalue weighted by Gasteiger charge is -2.09. The first-order valence-corrected chi connectivity index (χ1v) is 5.88. The zero-order valence-electron chi connectivity index (χ0n) is 9.91. The first-order valence-electron chi connectivity index (χ1n) is 5.51. The number of anilines is 1. The Morgan fingerprint density at radius 1 is 1.22 bits per heavy atom. The summed E-state index contributed by atoms with van der Waals surface area (Å²) >= 11 is 5.95. The van der Waals surface area contributed by atoms with Crippen LogP contribution in [0.3, 0.4) is 0 Å². The summed E-state index contributed by atoms with van der Waals surface area (Å²) in [6.07, 6.45) is 0. The van der Waals surface area contributed by atoms with Gasteiger partial charge in [0.1, 0.15) is 11.6 Å². The van der Waals surface area contributed by atoms with Gasteiger partial charge in [-0.3, -0.25) is 0 Å². The van der Waals surface area contributed by atoms with Gasteiger partial charge in [0.2, 0.25) is 0 Å². The maximum atomic E-state index is 12.9. The second kappa shape index (κ2) is 5.74. The average molecular weight is 266 g/mol. The van der Waals surface area contributed by atoms with Gasteiger partial charge >= 0.3 is 0 Å². The molecule has 2 aromatic rings. The Bertz CT molecular complexity index is 545. The number of halogens is 2. The first-order chi connectivity index (χ1) is 8.69. The van der Waals surface area contributed by atoms with Crippen molar-refractivity contribution in [2.24, 2.45) is 0 Å². The molecule has 0 atom stereocenters. The molecule has 0 aliphatic rings. The van der Waals surface area contributed by atoms with Crippen LogP contribution in [0.4, 0.5) is 10.1 Å². The molecular formula is C14H13ClFNO. The fourth-order valence-corrected chi connectivity index (χ4v) is 1.83. The molecule has 2 aromatic carbocycles. The second-order valence-electron chi connectivity index (χ2n) is 3.82. The van der Waals surface area contributed by atoms with Crippen molar-refractivity contribution in [3.8, 4) is 5.75 Å². The van der Waals surface area contributed by atoms with Crippen molar-refractivity contribution in [3.63, 3.8) is 0 Å². The Labute approximate surface area is 110 Å². The van der Waals surface area contributed by atoms with Gasteiger partial charge in [0, 0.05) is 23.3 Å². The predicted octanol–water partition coefficient (Wildman–Crippen LogP) is 4.10. The van der Waals surface area contributed by atoms with Crippen LogP contribution in [0.5, 0.6) is 5.75 Å². The van der Waals surface area contributed by atoms with Gasteiger partial charge in [0.15, 0.2) is 0 Å². The third-order valence-corrected chi connectivity index (χ3v) is 2.92. The maximum Gasteiger partial charge on any atom is 0.124 e. The van der Waals surface area contributed by atoms with Crippen LogP contribution in [0.1, 0.15) is 5.56 Å². The van der Waals surface area contributed by atoms with Crippen LogP contribution in [0.2, 0.25) is 5.02 Å². The normalized spacial score (nSPS) is 10.2. The van der Waals surface area contributed by atoms with E-state index in [1.807, 2.05) is 24.3 Å². The number of rotatable bonds is 4. The van der Waals surface area contributed by atoms with Gasteiger partial charge < -0.3 is 10.1 Å². The smallest absolute Gasteiger partial charge is 0.124 e. The summed E-state index contributed by atoms with van der Waals surface area (Å²) in [7, 11) is 1.62. The predicted molar refractivity (Wildman–Crippen MR) is 71.7 cm³/mol. The lowest BCUT2D eigenvalue weighted by atomic mass is 10.2. The molecule has 0 spiro atoms. The van der Waals surface area contributed by atoms with Crippen molar-refractivity contribution in [2.45, 2.75) is 6.54 Å². The van der Waals surface area contributed by atoms with Crippen LogP contribution >= 0.6 is 11.6 Å². The molecule has 0 amide bonds. The number of ether oxygens (including phenoxy) is 1. The molecule has 94 valence electrons. The molecule has 2 nitrogen and oxygen atoms in total. The highest BCUT2D eigenvalue weighted by Gasteiger charge is 2.02. The Balaban J connectivity index is 2.06. The Morgan fingerprint density at radius 3 is 2.78 bits per heavy atom. The molecule has 2 rings (SSSR count). The van der Waals surface area contributed by atoms with Crippen LogP contribution in [0.25, 0.3) is 0 Å². The largest absolute Gasteiger partial charge is 0.497 e. The molecule has 0 bridgehead atoms. The highest BCUT2D eigenvalue weighted by atomic mass is 35.5. The SMILES string of the molecule is COc1cccc(NCc2ccc(F)cc2Cl)c1. The van der Waals surface area contributed by atoms with E-state index in [0.717, 1.165) is 17.0 Å². The molecule has 0 radical (unpaired) electrons. The van der Waals surface area contributed by atoms with Gasteiger partial charge in [-0.05, 0) is 29.8 Å². The van der Waals surface area contributed by atoms with Gasteiger partial charge in [0.05, 0.1) is 7.11 Å². The van der Waals surface area contributed by atoms with Crippen LogP contribution in [0, 0.1) is 5.82 Å². The van der Waals surface area contributed by atoms with Crippen molar-refractivity contribution >= 4 is 17.3 Å². The second-order valence-corrected chi connectivity index (χ2v) is 4.23. The molecule has 0 saturated heterocycles. The monoisotopic (exact) mass is 265 g/mol.